The lowest BCUT2D eigenvalue weighted by Gasteiger charge is -2.35. The van der Waals surface area contributed by atoms with Crippen molar-refractivity contribution in [2.24, 2.45) is 18.9 Å². The van der Waals surface area contributed by atoms with E-state index >= 15 is 4.39 Å². The Labute approximate surface area is 464 Å². The molecule has 2 bridgehead atoms. The molecule has 80 heavy (non-hydrogen) atoms. The van der Waals surface area contributed by atoms with E-state index in [1.807, 2.05) is 11.0 Å². The molecule has 5 atom stereocenters. The number of aryl methyl sites for hydroxylation is 1. The van der Waals surface area contributed by atoms with Crippen LogP contribution < -0.4 is 26.0 Å². The standard InChI is InChI=1S/C35H50N6O5.C26H21F2N5O/c1-37-31-21-26(6-9-29(31)41(34(37)44)30-10-11-32(42)36-33(30)43)22-38-17-12-24(13-18-38)4-5-25-14-19-39(20-15-25)35(45)46-23-28-8-7-27-3-2-16-40(27)28;1-3-17-20(27)10-7-14-5-4-6-18(21(14)17)23-22(28)24-19(11-29-23)25(32-26(31-24)34-2)33-12-15-8-9-16(13-33)30-15/h6,9,21,24-25,27-28,30H,2-5,7-8,10-20,22-23H2,1H3,(H,36,42,43);1,4-7,10-11,15-16,30H,8-9,12-13H2,2H3. The molecule has 3 aromatic carbocycles. The van der Waals surface area contributed by atoms with E-state index in [1.165, 1.54) is 71.1 Å². The number of pyridine rings is 1. The summed E-state index contributed by atoms with van der Waals surface area (Å²) >= 11 is 0. The molecule has 0 spiro atoms. The highest BCUT2D eigenvalue weighted by molar-refractivity contribution is 6.02. The van der Waals surface area contributed by atoms with Gasteiger partial charge in [-0.3, -0.25) is 38.8 Å². The van der Waals surface area contributed by atoms with Crippen LogP contribution >= 0.6 is 0 Å². The van der Waals surface area contributed by atoms with Crippen molar-refractivity contribution in [1.82, 2.24) is 49.4 Å². The van der Waals surface area contributed by atoms with Gasteiger partial charge in [0, 0.05) is 87.5 Å². The number of hydrogen-bond donors (Lipinski definition) is 2. The first-order chi connectivity index (χ1) is 38.9. The van der Waals surface area contributed by atoms with Crippen molar-refractivity contribution in [2.45, 2.75) is 127 Å². The average Bonchev–Trinajstić information content (AvgIpc) is 4.26. The molecule has 7 fully saturated rings. The molecular formula is C61H71F2N11O6. The van der Waals surface area contributed by atoms with Crippen molar-refractivity contribution in [3.05, 3.63) is 88.0 Å². The van der Waals surface area contributed by atoms with Crippen LogP contribution in [0.2, 0.25) is 0 Å². The van der Waals surface area contributed by atoms with E-state index in [0.29, 0.717) is 64.6 Å². The number of carbonyl (C=O) groups is 3. The van der Waals surface area contributed by atoms with Crippen molar-refractivity contribution in [2.75, 3.05) is 64.4 Å². The maximum absolute atomic E-state index is 16.1. The molecule has 19 heteroatoms. The zero-order valence-electron chi connectivity index (χ0n) is 45.8. The molecule has 3 amide bonds. The van der Waals surface area contributed by atoms with Crippen molar-refractivity contribution >= 4 is 56.4 Å². The number of nitrogens with zero attached hydrogens (tertiary/aromatic N) is 9. The predicted molar refractivity (Wildman–Crippen MR) is 301 cm³/mol. The largest absolute Gasteiger partial charge is 0.467 e. The summed E-state index contributed by atoms with van der Waals surface area (Å²) in [5, 5.41) is 7.61. The minimum absolute atomic E-state index is 0.0484. The first-order valence-electron chi connectivity index (χ1n) is 28.9. The number of anilines is 1. The quantitative estimate of drug-likeness (QED) is 0.0951. The van der Waals surface area contributed by atoms with Crippen molar-refractivity contribution in [1.29, 1.82) is 0 Å². The summed E-state index contributed by atoms with van der Waals surface area (Å²) in [5.74, 6) is 2.61. The fourth-order valence-corrected chi connectivity index (χ4v) is 14.1. The Kier molecular flexibility index (Phi) is 15.3. The maximum Gasteiger partial charge on any atom is 0.409 e. The Balaban J connectivity index is 0.000000166. The van der Waals surface area contributed by atoms with Gasteiger partial charge in [-0.2, -0.15) is 9.97 Å². The number of benzene rings is 3. The lowest BCUT2D eigenvalue weighted by Crippen LogP contribution is -2.51. The maximum atomic E-state index is 16.1. The highest BCUT2D eigenvalue weighted by atomic mass is 19.1. The lowest BCUT2D eigenvalue weighted by atomic mass is 9.85. The monoisotopic (exact) mass is 1090 g/mol. The Hall–Kier alpha value is -7.01. The van der Waals surface area contributed by atoms with E-state index < -0.39 is 23.6 Å². The van der Waals surface area contributed by atoms with Gasteiger partial charge in [0.2, 0.25) is 11.8 Å². The van der Waals surface area contributed by atoms with Gasteiger partial charge in [0.1, 0.15) is 35.5 Å². The van der Waals surface area contributed by atoms with Crippen LogP contribution in [-0.4, -0.2) is 140 Å². The Morgan fingerprint density at radius 1 is 0.850 bits per heavy atom. The van der Waals surface area contributed by atoms with Gasteiger partial charge < -0.3 is 24.6 Å². The fourth-order valence-electron chi connectivity index (χ4n) is 14.1. The zero-order chi connectivity index (χ0) is 55.2. The molecule has 17 nitrogen and oxygen atoms in total. The van der Waals surface area contributed by atoms with Crippen LogP contribution in [0.15, 0.2) is 59.5 Å². The zero-order valence-corrected chi connectivity index (χ0v) is 45.8. The van der Waals surface area contributed by atoms with Crippen LogP contribution in [0.3, 0.4) is 0 Å². The highest BCUT2D eigenvalue weighted by Crippen LogP contribution is 2.39. The third kappa shape index (κ3) is 10.6. The molecule has 7 saturated heterocycles. The molecule has 2 N–H and O–H groups in total. The van der Waals surface area contributed by atoms with Crippen LogP contribution in [0, 0.1) is 35.8 Å². The van der Waals surface area contributed by atoms with E-state index in [2.05, 4.69) is 58.3 Å². The minimum atomic E-state index is -0.660. The molecule has 7 aliphatic heterocycles. The number of aromatic nitrogens is 5. The summed E-state index contributed by atoms with van der Waals surface area (Å²) in [6.07, 6.45) is 22.0. The number of hydrogen-bond acceptors (Lipinski definition) is 13. The summed E-state index contributed by atoms with van der Waals surface area (Å²) in [6.45, 7) is 7.89. The molecule has 6 aromatic rings. The number of carbonyl (C=O) groups excluding carboxylic acids is 3. The fraction of sp³-hybridized carbons (Fsp3) is 0.525. The second-order valence-corrected chi connectivity index (χ2v) is 23.3. The van der Waals surface area contributed by atoms with Crippen LogP contribution in [0.1, 0.15) is 107 Å². The van der Waals surface area contributed by atoms with E-state index in [-0.39, 0.29) is 46.9 Å². The summed E-state index contributed by atoms with van der Waals surface area (Å²) in [6, 6.07) is 15.6. The Morgan fingerprint density at radius 2 is 1.61 bits per heavy atom. The number of ether oxygens (including phenoxy) is 2. The number of halogens is 2. The van der Waals surface area contributed by atoms with Gasteiger partial charge in [-0.1, -0.05) is 49.1 Å². The van der Waals surface area contributed by atoms with E-state index in [4.69, 9.17) is 15.9 Å². The molecule has 5 unspecified atom stereocenters. The number of likely N-dealkylation sites (tertiary alicyclic amines) is 2. The smallest absolute Gasteiger partial charge is 0.409 e. The van der Waals surface area contributed by atoms with Crippen molar-refractivity contribution in [3.8, 4) is 29.6 Å². The molecular weight excluding hydrogens is 1020 g/mol. The Bertz CT molecular complexity index is 3440. The second kappa shape index (κ2) is 22.9. The summed E-state index contributed by atoms with van der Waals surface area (Å²) in [4.78, 5) is 72.5. The molecule has 13 rings (SSSR count). The number of terminal acetylenes is 1. The molecule has 0 saturated carbocycles. The Morgan fingerprint density at radius 3 is 2.35 bits per heavy atom. The van der Waals surface area contributed by atoms with Gasteiger partial charge in [-0.05, 0) is 131 Å². The van der Waals surface area contributed by atoms with Gasteiger partial charge in [0.25, 0.3) is 0 Å². The predicted octanol–water partition coefficient (Wildman–Crippen LogP) is 7.84. The third-order valence-electron chi connectivity index (χ3n) is 18.5. The first kappa shape index (κ1) is 53.6. The molecule has 0 radical (unpaired) electrons. The summed E-state index contributed by atoms with van der Waals surface area (Å²) < 4.78 is 44.8. The second-order valence-electron chi connectivity index (χ2n) is 23.3. The average molecular weight is 1090 g/mol. The molecule has 7 aliphatic rings. The van der Waals surface area contributed by atoms with Gasteiger partial charge >= 0.3 is 17.8 Å². The molecule has 3 aromatic heterocycles. The summed E-state index contributed by atoms with van der Waals surface area (Å²) in [7, 11) is 3.20. The number of piperazine rings is 1. The topological polar surface area (TPSA) is 172 Å². The number of methoxy groups -OCH3 is 1. The number of amides is 3. The van der Waals surface area contributed by atoms with Gasteiger partial charge in [0.15, 0.2) is 5.82 Å². The number of fused-ring (bicyclic) bond motifs is 6. The number of nitrogens with one attached hydrogen (secondary N) is 2. The third-order valence-corrected chi connectivity index (χ3v) is 18.5. The summed E-state index contributed by atoms with van der Waals surface area (Å²) in [5.41, 5.74) is 3.12. The van der Waals surface area contributed by atoms with Crippen molar-refractivity contribution < 1.29 is 32.6 Å². The SMILES string of the molecule is C#Cc1c(F)ccc2cccc(-c3ncc4c(N5CC6CCC(C5)N6)nc(OC)nc4c3F)c12.Cn1c(=O)n(C2CCC(=O)NC2=O)c2ccc(CN3CCC(CCC4CCN(C(=O)OCC5CCC6CCCN65)CC4)CC3)cc21. The van der Waals surface area contributed by atoms with Crippen molar-refractivity contribution in [3.63, 3.8) is 0 Å². The molecule has 10 heterocycles. The van der Waals surface area contributed by atoms with Crippen LogP contribution in [0.4, 0.5) is 19.4 Å². The van der Waals surface area contributed by atoms with Gasteiger partial charge in [-0.15, -0.1) is 6.42 Å². The van der Waals surface area contributed by atoms with Crippen LogP contribution in [-0.2, 0) is 27.9 Å². The molecule has 420 valence electrons. The van der Waals surface area contributed by atoms with E-state index in [0.717, 1.165) is 100 Å². The normalized spacial score (nSPS) is 23.8. The first-order valence-corrected chi connectivity index (χ1v) is 28.9. The number of rotatable bonds is 11. The highest BCUT2D eigenvalue weighted by Gasteiger charge is 2.38. The van der Waals surface area contributed by atoms with Crippen LogP contribution in [0.25, 0.3) is 44.0 Å². The van der Waals surface area contributed by atoms with Gasteiger partial charge in [0.05, 0.1) is 29.1 Å². The van der Waals surface area contributed by atoms with E-state index in [1.54, 1.807) is 46.6 Å². The molecule has 0 aliphatic carbocycles. The minimum Gasteiger partial charge on any atom is -0.467 e. The number of imidazole rings is 1. The number of imide groups is 1. The van der Waals surface area contributed by atoms with E-state index in [9.17, 15) is 23.6 Å². The van der Waals surface area contributed by atoms with Gasteiger partial charge in [-0.25, -0.2) is 18.4 Å². The number of piperidine rings is 3. The lowest BCUT2D eigenvalue weighted by molar-refractivity contribution is -0.135. The van der Waals surface area contributed by atoms with Crippen LogP contribution in [0.5, 0.6) is 6.01 Å².